The second-order valence-corrected chi connectivity index (χ2v) is 3.64. The molecule has 0 aromatic heterocycles. The van der Waals surface area contributed by atoms with Crippen molar-refractivity contribution in [3.8, 4) is 0 Å². The molecule has 1 atom stereocenters. The van der Waals surface area contributed by atoms with E-state index in [1.807, 2.05) is 13.8 Å². The zero-order chi connectivity index (χ0) is 11.5. The Morgan fingerprint density at radius 3 is 2.73 bits per heavy atom. The van der Waals surface area contributed by atoms with Gasteiger partial charge in [-0.2, -0.15) is 0 Å². The molecule has 0 aliphatic carbocycles. The molecule has 0 radical (unpaired) electrons. The van der Waals surface area contributed by atoms with Crippen molar-refractivity contribution in [3.05, 3.63) is 0 Å². The Hall–Kier alpha value is -0.610. The van der Waals surface area contributed by atoms with Gasteiger partial charge < -0.3 is 15.4 Å². The SMILES string of the molecule is CCCCNC(=O)CNC(C)COCC. The van der Waals surface area contributed by atoms with Gasteiger partial charge in [-0.15, -0.1) is 0 Å². The summed E-state index contributed by atoms with van der Waals surface area (Å²) >= 11 is 0. The maximum atomic E-state index is 11.3. The normalized spacial score (nSPS) is 12.5. The van der Waals surface area contributed by atoms with Crippen LogP contribution in [0.15, 0.2) is 0 Å². The lowest BCUT2D eigenvalue weighted by atomic mass is 10.3. The van der Waals surface area contributed by atoms with Crippen LogP contribution in [0.2, 0.25) is 0 Å². The van der Waals surface area contributed by atoms with Crippen LogP contribution in [-0.2, 0) is 9.53 Å². The number of rotatable bonds is 9. The molecule has 4 heteroatoms. The average molecular weight is 216 g/mol. The van der Waals surface area contributed by atoms with E-state index in [2.05, 4.69) is 17.6 Å². The highest BCUT2D eigenvalue weighted by Crippen LogP contribution is 1.84. The van der Waals surface area contributed by atoms with E-state index < -0.39 is 0 Å². The van der Waals surface area contributed by atoms with Gasteiger partial charge in [-0.05, 0) is 20.3 Å². The van der Waals surface area contributed by atoms with Crippen LogP contribution in [0.25, 0.3) is 0 Å². The summed E-state index contributed by atoms with van der Waals surface area (Å²) in [6.45, 7) is 8.59. The van der Waals surface area contributed by atoms with E-state index >= 15 is 0 Å². The zero-order valence-electron chi connectivity index (χ0n) is 10.1. The van der Waals surface area contributed by atoms with Gasteiger partial charge in [0.25, 0.3) is 0 Å². The Morgan fingerprint density at radius 1 is 1.40 bits per heavy atom. The van der Waals surface area contributed by atoms with Crippen molar-refractivity contribution in [3.63, 3.8) is 0 Å². The minimum absolute atomic E-state index is 0.0619. The van der Waals surface area contributed by atoms with Crippen molar-refractivity contribution in [1.29, 1.82) is 0 Å². The summed E-state index contributed by atoms with van der Waals surface area (Å²) in [5, 5.41) is 5.96. The predicted octanol–water partition coefficient (Wildman–Crippen LogP) is 0.917. The number of nitrogens with one attached hydrogen (secondary N) is 2. The van der Waals surface area contributed by atoms with Gasteiger partial charge in [-0.3, -0.25) is 4.79 Å². The number of amides is 1. The van der Waals surface area contributed by atoms with E-state index in [4.69, 9.17) is 4.74 Å². The minimum Gasteiger partial charge on any atom is -0.380 e. The molecule has 0 aliphatic rings. The second kappa shape index (κ2) is 9.93. The first-order chi connectivity index (χ1) is 7.20. The molecule has 0 spiro atoms. The smallest absolute Gasteiger partial charge is 0.233 e. The maximum Gasteiger partial charge on any atom is 0.233 e. The minimum atomic E-state index is 0.0619. The quantitative estimate of drug-likeness (QED) is 0.563. The van der Waals surface area contributed by atoms with E-state index in [1.165, 1.54) is 0 Å². The Morgan fingerprint density at radius 2 is 2.13 bits per heavy atom. The molecule has 4 nitrogen and oxygen atoms in total. The number of unbranched alkanes of at least 4 members (excludes halogenated alkanes) is 1. The summed E-state index contributed by atoms with van der Waals surface area (Å²) < 4.78 is 5.23. The van der Waals surface area contributed by atoms with Crippen molar-refractivity contribution in [2.45, 2.75) is 39.7 Å². The van der Waals surface area contributed by atoms with Gasteiger partial charge in [-0.25, -0.2) is 0 Å². The maximum absolute atomic E-state index is 11.3. The fraction of sp³-hybridized carbons (Fsp3) is 0.909. The van der Waals surface area contributed by atoms with E-state index in [-0.39, 0.29) is 11.9 Å². The highest BCUT2D eigenvalue weighted by Gasteiger charge is 2.04. The summed E-state index contributed by atoms with van der Waals surface area (Å²) in [5.74, 6) is 0.0619. The van der Waals surface area contributed by atoms with Gasteiger partial charge in [0, 0.05) is 19.2 Å². The van der Waals surface area contributed by atoms with Crippen LogP contribution in [0.4, 0.5) is 0 Å². The van der Waals surface area contributed by atoms with Crippen LogP contribution in [0, 0.1) is 0 Å². The van der Waals surface area contributed by atoms with E-state index in [0.717, 1.165) is 19.4 Å². The number of carbonyl (C=O) groups excluding carboxylic acids is 1. The molecule has 0 aliphatic heterocycles. The van der Waals surface area contributed by atoms with Crippen LogP contribution in [-0.4, -0.2) is 38.3 Å². The fourth-order valence-corrected chi connectivity index (χ4v) is 1.09. The molecule has 0 aromatic carbocycles. The van der Waals surface area contributed by atoms with Crippen LogP contribution in [0.1, 0.15) is 33.6 Å². The standard InChI is InChI=1S/C11H24N2O2/c1-4-6-7-12-11(14)8-13-10(3)9-15-5-2/h10,13H,4-9H2,1-3H3,(H,12,14). The van der Waals surface area contributed by atoms with Crippen molar-refractivity contribution < 1.29 is 9.53 Å². The first kappa shape index (κ1) is 14.4. The first-order valence-corrected chi connectivity index (χ1v) is 5.78. The second-order valence-electron chi connectivity index (χ2n) is 3.64. The predicted molar refractivity (Wildman–Crippen MR) is 61.9 cm³/mol. The molecule has 0 saturated carbocycles. The van der Waals surface area contributed by atoms with Gasteiger partial charge in [0.2, 0.25) is 5.91 Å². The highest BCUT2D eigenvalue weighted by atomic mass is 16.5. The molecule has 0 heterocycles. The van der Waals surface area contributed by atoms with Gasteiger partial charge in [0.05, 0.1) is 13.2 Å². The summed E-state index contributed by atoms with van der Waals surface area (Å²) in [5.41, 5.74) is 0. The van der Waals surface area contributed by atoms with Crippen LogP contribution < -0.4 is 10.6 Å². The lowest BCUT2D eigenvalue weighted by molar-refractivity contribution is -0.120. The molecule has 0 fully saturated rings. The van der Waals surface area contributed by atoms with Gasteiger partial charge >= 0.3 is 0 Å². The van der Waals surface area contributed by atoms with E-state index in [0.29, 0.717) is 19.8 Å². The fourth-order valence-electron chi connectivity index (χ4n) is 1.09. The van der Waals surface area contributed by atoms with Crippen LogP contribution in [0.3, 0.4) is 0 Å². The molecule has 90 valence electrons. The molecule has 15 heavy (non-hydrogen) atoms. The zero-order valence-corrected chi connectivity index (χ0v) is 10.1. The monoisotopic (exact) mass is 216 g/mol. The van der Waals surface area contributed by atoms with Crippen molar-refractivity contribution >= 4 is 5.91 Å². The van der Waals surface area contributed by atoms with Crippen molar-refractivity contribution in [1.82, 2.24) is 10.6 Å². The molecule has 0 saturated heterocycles. The first-order valence-electron chi connectivity index (χ1n) is 5.78. The Kier molecular flexibility index (Phi) is 9.52. The lowest BCUT2D eigenvalue weighted by Gasteiger charge is -2.13. The summed E-state index contributed by atoms with van der Waals surface area (Å²) in [6.07, 6.45) is 2.15. The van der Waals surface area contributed by atoms with Gasteiger partial charge in [0.1, 0.15) is 0 Å². The Bertz CT molecular complexity index is 163. The molecule has 1 unspecified atom stereocenters. The molecule has 1 amide bonds. The summed E-state index contributed by atoms with van der Waals surface area (Å²) in [4.78, 5) is 11.3. The summed E-state index contributed by atoms with van der Waals surface area (Å²) in [7, 11) is 0. The average Bonchev–Trinajstić information content (AvgIpc) is 2.24. The van der Waals surface area contributed by atoms with Gasteiger partial charge in [0.15, 0.2) is 0 Å². The molecular formula is C11H24N2O2. The van der Waals surface area contributed by atoms with Crippen LogP contribution in [0.5, 0.6) is 0 Å². The third-order valence-electron chi connectivity index (χ3n) is 2.04. The highest BCUT2D eigenvalue weighted by molar-refractivity contribution is 5.77. The third kappa shape index (κ3) is 9.69. The lowest BCUT2D eigenvalue weighted by Crippen LogP contribution is -2.40. The molecule has 0 aromatic rings. The number of hydrogen-bond donors (Lipinski definition) is 2. The molecular weight excluding hydrogens is 192 g/mol. The summed E-state index contributed by atoms with van der Waals surface area (Å²) in [6, 6.07) is 0.224. The Labute approximate surface area is 92.8 Å². The Balaban J connectivity index is 3.36. The topological polar surface area (TPSA) is 50.4 Å². The molecule has 0 bridgehead atoms. The number of carbonyl (C=O) groups is 1. The van der Waals surface area contributed by atoms with E-state index in [9.17, 15) is 4.79 Å². The van der Waals surface area contributed by atoms with Gasteiger partial charge in [-0.1, -0.05) is 13.3 Å². The van der Waals surface area contributed by atoms with Crippen molar-refractivity contribution in [2.24, 2.45) is 0 Å². The van der Waals surface area contributed by atoms with Crippen molar-refractivity contribution in [2.75, 3.05) is 26.3 Å². The van der Waals surface area contributed by atoms with Crippen LogP contribution >= 0.6 is 0 Å². The number of ether oxygens (including phenoxy) is 1. The largest absolute Gasteiger partial charge is 0.380 e. The molecule has 0 rings (SSSR count). The third-order valence-corrected chi connectivity index (χ3v) is 2.04. The number of hydrogen-bond acceptors (Lipinski definition) is 3. The van der Waals surface area contributed by atoms with E-state index in [1.54, 1.807) is 0 Å². The molecule has 2 N–H and O–H groups in total.